The Hall–Kier alpha value is -1.61. The van der Waals surface area contributed by atoms with E-state index >= 15 is 0 Å². The van der Waals surface area contributed by atoms with Crippen LogP contribution in [0, 0.1) is 0 Å². The Morgan fingerprint density at radius 3 is 3.07 bits per heavy atom. The molecule has 15 heavy (non-hydrogen) atoms. The maximum absolute atomic E-state index is 5.62. The van der Waals surface area contributed by atoms with E-state index in [9.17, 15) is 0 Å². The molecule has 0 radical (unpaired) electrons. The van der Waals surface area contributed by atoms with Crippen LogP contribution in [0.1, 0.15) is 6.92 Å². The lowest BCUT2D eigenvalue weighted by Crippen LogP contribution is -2.23. The molecule has 1 unspecified atom stereocenters. The van der Waals surface area contributed by atoms with Crippen LogP contribution in [0.3, 0.4) is 0 Å². The molecule has 2 rings (SSSR count). The van der Waals surface area contributed by atoms with Crippen LogP contribution in [0.5, 0.6) is 5.75 Å². The molecule has 0 aliphatic rings. The minimum Gasteiger partial charge on any atom is -0.492 e. The van der Waals surface area contributed by atoms with E-state index in [4.69, 9.17) is 10.5 Å². The number of nitrogens with two attached hydrogens (primary N) is 1. The van der Waals surface area contributed by atoms with Crippen LogP contribution in [0.25, 0.3) is 10.9 Å². The number of aromatic nitrogens is 1. The highest BCUT2D eigenvalue weighted by Crippen LogP contribution is 2.18. The number of pyridine rings is 1. The lowest BCUT2D eigenvalue weighted by molar-refractivity contribution is 0.296. The predicted molar refractivity (Wildman–Crippen MR) is 60.9 cm³/mol. The zero-order chi connectivity index (χ0) is 10.7. The minimum absolute atomic E-state index is 0.0506. The van der Waals surface area contributed by atoms with Gasteiger partial charge in [0.05, 0.1) is 5.52 Å². The molecule has 2 aromatic rings. The van der Waals surface area contributed by atoms with Gasteiger partial charge in [0.25, 0.3) is 0 Å². The maximum atomic E-state index is 5.62. The third-order valence-electron chi connectivity index (χ3n) is 2.09. The van der Waals surface area contributed by atoms with E-state index < -0.39 is 0 Å². The van der Waals surface area contributed by atoms with Gasteiger partial charge in [-0.3, -0.25) is 4.98 Å². The molecule has 1 aromatic heterocycles. The monoisotopic (exact) mass is 202 g/mol. The molecule has 0 saturated carbocycles. The Balaban J connectivity index is 2.23. The Morgan fingerprint density at radius 2 is 2.27 bits per heavy atom. The molecular weight excluding hydrogens is 188 g/mol. The van der Waals surface area contributed by atoms with Gasteiger partial charge in [0.15, 0.2) is 0 Å². The van der Waals surface area contributed by atoms with Crippen molar-refractivity contribution in [3.05, 3.63) is 36.5 Å². The molecule has 0 spiro atoms. The summed E-state index contributed by atoms with van der Waals surface area (Å²) in [5.74, 6) is 0.841. The molecule has 1 heterocycles. The standard InChI is InChI=1S/C12H14N2O/c1-9(13)8-15-11-4-5-12-10(7-11)3-2-6-14-12/h2-7,9H,8,13H2,1H3. The SMILES string of the molecule is CC(N)COc1ccc2ncccc2c1. The fourth-order valence-corrected chi connectivity index (χ4v) is 1.37. The largest absolute Gasteiger partial charge is 0.492 e. The van der Waals surface area contributed by atoms with Gasteiger partial charge < -0.3 is 10.5 Å². The third kappa shape index (κ3) is 2.44. The van der Waals surface area contributed by atoms with E-state index in [-0.39, 0.29) is 6.04 Å². The summed E-state index contributed by atoms with van der Waals surface area (Å²) in [4.78, 5) is 4.24. The van der Waals surface area contributed by atoms with Crippen molar-refractivity contribution in [3.8, 4) is 5.75 Å². The van der Waals surface area contributed by atoms with Crippen LogP contribution in [-0.2, 0) is 0 Å². The fraction of sp³-hybridized carbons (Fsp3) is 0.250. The lowest BCUT2D eigenvalue weighted by atomic mass is 10.2. The molecule has 0 aliphatic heterocycles. The van der Waals surface area contributed by atoms with Gasteiger partial charge in [0, 0.05) is 17.6 Å². The Labute approximate surface area is 88.9 Å². The van der Waals surface area contributed by atoms with Crippen molar-refractivity contribution < 1.29 is 4.74 Å². The molecule has 0 bridgehead atoms. The summed E-state index contributed by atoms with van der Waals surface area (Å²) in [5, 5.41) is 1.08. The number of ether oxygens (including phenoxy) is 1. The van der Waals surface area contributed by atoms with Gasteiger partial charge in [0.2, 0.25) is 0 Å². The first-order valence-electron chi connectivity index (χ1n) is 4.99. The summed E-state index contributed by atoms with van der Waals surface area (Å²) in [7, 11) is 0. The van der Waals surface area contributed by atoms with Crippen molar-refractivity contribution in [1.29, 1.82) is 0 Å². The van der Waals surface area contributed by atoms with Gasteiger partial charge in [-0.25, -0.2) is 0 Å². The molecule has 2 N–H and O–H groups in total. The van der Waals surface area contributed by atoms with E-state index in [1.165, 1.54) is 0 Å². The second-order valence-corrected chi connectivity index (χ2v) is 3.65. The zero-order valence-corrected chi connectivity index (χ0v) is 8.68. The summed E-state index contributed by atoms with van der Waals surface area (Å²) >= 11 is 0. The fourth-order valence-electron chi connectivity index (χ4n) is 1.37. The second-order valence-electron chi connectivity index (χ2n) is 3.65. The van der Waals surface area contributed by atoms with Crippen molar-refractivity contribution in [3.63, 3.8) is 0 Å². The molecule has 3 nitrogen and oxygen atoms in total. The van der Waals surface area contributed by atoms with Gasteiger partial charge in [-0.15, -0.1) is 0 Å². The van der Waals surface area contributed by atoms with Crippen LogP contribution >= 0.6 is 0 Å². The first-order chi connectivity index (χ1) is 7.25. The van der Waals surface area contributed by atoms with E-state index in [0.717, 1.165) is 16.7 Å². The molecular formula is C12H14N2O. The molecule has 1 aromatic carbocycles. The quantitative estimate of drug-likeness (QED) is 0.827. The van der Waals surface area contributed by atoms with E-state index in [2.05, 4.69) is 4.98 Å². The average molecular weight is 202 g/mol. The Kier molecular flexibility index (Phi) is 2.83. The van der Waals surface area contributed by atoms with Crippen LogP contribution in [0.2, 0.25) is 0 Å². The number of benzene rings is 1. The summed E-state index contributed by atoms with van der Waals surface area (Å²) in [6.45, 7) is 2.45. The van der Waals surface area contributed by atoms with Crippen molar-refractivity contribution in [2.45, 2.75) is 13.0 Å². The summed E-state index contributed by atoms with van der Waals surface area (Å²) in [5.41, 5.74) is 6.59. The van der Waals surface area contributed by atoms with Gasteiger partial charge in [0.1, 0.15) is 12.4 Å². The number of rotatable bonds is 3. The molecule has 0 aliphatic carbocycles. The van der Waals surface area contributed by atoms with Crippen molar-refractivity contribution in [2.75, 3.05) is 6.61 Å². The highest BCUT2D eigenvalue weighted by molar-refractivity contribution is 5.79. The van der Waals surface area contributed by atoms with E-state index in [0.29, 0.717) is 6.61 Å². The van der Waals surface area contributed by atoms with Gasteiger partial charge >= 0.3 is 0 Å². The first kappa shape index (κ1) is 9.93. The van der Waals surface area contributed by atoms with Crippen LogP contribution in [0.15, 0.2) is 36.5 Å². The molecule has 0 fully saturated rings. The Bertz CT molecular complexity index is 454. The number of fused-ring (bicyclic) bond motifs is 1. The first-order valence-corrected chi connectivity index (χ1v) is 4.99. The Morgan fingerprint density at radius 1 is 1.40 bits per heavy atom. The summed E-state index contributed by atoms with van der Waals surface area (Å²) < 4.78 is 5.52. The summed E-state index contributed by atoms with van der Waals surface area (Å²) in [6.07, 6.45) is 1.78. The van der Waals surface area contributed by atoms with Crippen LogP contribution < -0.4 is 10.5 Å². The van der Waals surface area contributed by atoms with Crippen molar-refractivity contribution >= 4 is 10.9 Å². The van der Waals surface area contributed by atoms with Crippen molar-refractivity contribution in [2.24, 2.45) is 5.73 Å². The molecule has 78 valence electrons. The molecule has 1 atom stereocenters. The normalized spacial score (nSPS) is 12.7. The number of hydrogen-bond acceptors (Lipinski definition) is 3. The van der Waals surface area contributed by atoms with E-state index in [1.54, 1.807) is 6.20 Å². The van der Waals surface area contributed by atoms with Gasteiger partial charge in [-0.2, -0.15) is 0 Å². The lowest BCUT2D eigenvalue weighted by Gasteiger charge is -2.08. The van der Waals surface area contributed by atoms with E-state index in [1.807, 2.05) is 37.3 Å². The highest BCUT2D eigenvalue weighted by Gasteiger charge is 1.99. The second kappa shape index (κ2) is 4.28. The van der Waals surface area contributed by atoms with Crippen LogP contribution in [0.4, 0.5) is 0 Å². The van der Waals surface area contributed by atoms with Gasteiger partial charge in [-0.1, -0.05) is 6.07 Å². The maximum Gasteiger partial charge on any atom is 0.120 e. The molecule has 3 heteroatoms. The molecule has 0 amide bonds. The molecule has 0 saturated heterocycles. The highest BCUT2D eigenvalue weighted by atomic mass is 16.5. The van der Waals surface area contributed by atoms with Gasteiger partial charge in [-0.05, 0) is 31.2 Å². The zero-order valence-electron chi connectivity index (χ0n) is 8.68. The predicted octanol–water partition coefficient (Wildman–Crippen LogP) is 1.96. The van der Waals surface area contributed by atoms with Crippen molar-refractivity contribution in [1.82, 2.24) is 4.98 Å². The third-order valence-corrected chi connectivity index (χ3v) is 2.09. The van der Waals surface area contributed by atoms with Crippen LogP contribution in [-0.4, -0.2) is 17.6 Å². The number of nitrogens with zero attached hydrogens (tertiary/aromatic N) is 1. The topological polar surface area (TPSA) is 48.1 Å². The minimum atomic E-state index is 0.0506. The summed E-state index contributed by atoms with van der Waals surface area (Å²) in [6, 6.07) is 9.82. The average Bonchev–Trinajstić information content (AvgIpc) is 2.26. The number of hydrogen-bond donors (Lipinski definition) is 1. The smallest absolute Gasteiger partial charge is 0.120 e.